The van der Waals surface area contributed by atoms with Crippen LogP contribution in [0.1, 0.15) is 34.4 Å². The Hall–Kier alpha value is -1.40. The minimum Gasteiger partial charge on any atom is -0.478 e. The van der Waals surface area contributed by atoms with Crippen LogP contribution in [-0.4, -0.2) is 21.0 Å². The van der Waals surface area contributed by atoms with E-state index in [0.29, 0.717) is 28.7 Å². The summed E-state index contributed by atoms with van der Waals surface area (Å²) < 4.78 is 1.01. The maximum atomic E-state index is 11.4. The zero-order chi connectivity index (χ0) is 15.4. The van der Waals surface area contributed by atoms with Gasteiger partial charge in [0.15, 0.2) is 0 Å². The van der Waals surface area contributed by atoms with Gasteiger partial charge in [0.1, 0.15) is 16.4 Å². The van der Waals surface area contributed by atoms with Crippen molar-refractivity contribution in [2.45, 2.75) is 31.0 Å². The fourth-order valence-electron chi connectivity index (χ4n) is 1.89. The number of aromatic nitrogens is 2. The van der Waals surface area contributed by atoms with Crippen LogP contribution >= 0.6 is 27.7 Å². The molecule has 1 aromatic heterocycles. The van der Waals surface area contributed by atoms with E-state index in [-0.39, 0.29) is 5.56 Å². The van der Waals surface area contributed by atoms with Crippen molar-refractivity contribution < 1.29 is 9.90 Å². The van der Waals surface area contributed by atoms with Gasteiger partial charge in [0.25, 0.3) is 0 Å². The second-order valence-corrected chi connectivity index (χ2v) is 6.36. The molecule has 0 spiro atoms. The highest BCUT2D eigenvalue weighted by atomic mass is 79.9. The summed E-state index contributed by atoms with van der Waals surface area (Å²) in [5.74, 6) is 0.361. The van der Waals surface area contributed by atoms with Crippen molar-refractivity contribution in [3.05, 3.63) is 51.4 Å². The Labute approximate surface area is 136 Å². The van der Waals surface area contributed by atoms with Gasteiger partial charge in [0.2, 0.25) is 0 Å². The number of nitrogens with zero attached hydrogens (tertiary/aromatic N) is 2. The van der Waals surface area contributed by atoms with Gasteiger partial charge >= 0.3 is 5.97 Å². The summed E-state index contributed by atoms with van der Waals surface area (Å²) in [6, 6.07) is 7.94. The van der Waals surface area contributed by atoms with E-state index in [1.165, 1.54) is 11.8 Å². The predicted octanol–water partition coefficient (Wildman–Crippen LogP) is 4.10. The van der Waals surface area contributed by atoms with Crippen molar-refractivity contribution in [2.75, 3.05) is 0 Å². The molecule has 6 heteroatoms. The van der Waals surface area contributed by atoms with Crippen molar-refractivity contribution >= 4 is 33.7 Å². The number of halogens is 1. The number of carbonyl (C=O) groups is 1. The molecule has 0 saturated heterocycles. The fourth-order valence-corrected chi connectivity index (χ4v) is 3.37. The van der Waals surface area contributed by atoms with Crippen LogP contribution in [0.5, 0.6) is 0 Å². The van der Waals surface area contributed by atoms with Crippen molar-refractivity contribution in [2.24, 2.45) is 0 Å². The van der Waals surface area contributed by atoms with Crippen LogP contribution in [0.2, 0.25) is 0 Å². The Bertz CT molecular complexity index is 677. The van der Waals surface area contributed by atoms with Gasteiger partial charge in [-0.25, -0.2) is 14.8 Å². The van der Waals surface area contributed by atoms with Crippen LogP contribution in [0, 0.1) is 6.92 Å². The van der Waals surface area contributed by atoms with Gasteiger partial charge in [-0.3, -0.25) is 0 Å². The Morgan fingerprint density at radius 1 is 1.38 bits per heavy atom. The molecule has 0 saturated carbocycles. The van der Waals surface area contributed by atoms with Gasteiger partial charge in [0, 0.05) is 16.6 Å². The summed E-state index contributed by atoms with van der Waals surface area (Å²) in [5, 5.41) is 9.88. The first-order valence-electron chi connectivity index (χ1n) is 6.49. The number of benzene rings is 1. The first-order chi connectivity index (χ1) is 10.0. The molecule has 0 radical (unpaired) electrons. The second-order valence-electron chi connectivity index (χ2n) is 4.48. The lowest BCUT2D eigenvalue weighted by Gasteiger charge is -2.09. The highest BCUT2D eigenvalue weighted by Gasteiger charge is 2.18. The molecule has 4 nitrogen and oxygen atoms in total. The fraction of sp³-hybridized carbons (Fsp3) is 0.267. The van der Waals surface area contributed by atoms with Crippen LogP contribution in [-0.2, 0) is 12.2 Å². The minimum atomic E-state index is -0.980. The third-order valence-corrected chi connectivity index (χ3v) is 4.44. The van der Waals surface area contributed by atoms with Gasteiger partial charge in [-0.2, -0.15) is 0 Å². The summed E-state index contributed by atoms with van der Waals surface area (Å²) in [5.41, 5.74) is 1.83. The molecule has 0 aliphatic carbocycles. The van der Waals surface area contributed by atoms with Gasteiger partial charge in [0.05, 0.1) is 5.69 Å². The first-order valence-corrected chi connectivity index (χ1v) is 8.27. The molecular formula is C15H15BrN2O2S. The van der Waals surface area contributed by atoms with Crippen molar-refractivity contribution in [3.63, 3.8) is 0 Å². The van der Waals surface area contributed by atoms with Crippen LogP contribution in [0.4, 0.5) is 0 Å². The molecule has 0 amide bonds. The van der Waals surface area contributed by atoms with E-state index in [1.807, 2.05) is 31.2 Å². The summed E-state index contributed by atoms with van der Waals surface area (Å²) in [4.78, 5) is 20.0. The van der Waals surface area contributed by atoms with Gasteiger partial charge in [-0.05, 0) is 24.6 Å². The minimum absolute atomic E-state index is 0.201. The Morgan fingerprint density at radius 2 is 2.14 bits per heavy atom. The molecule has 21 heavy (non-hydrogen) atoms. The number of hydrogen-bond acceptors (Lipinski definition) is 4. The second kappa shape index (κ2) is 7.04. The summed E-state index contributed by atoms with van der Waals surface area (Å²) in [7, 11) is 0. The molecule has 0 aliphatic heterocycles. The average molecular weight is 367 g/mol. The Balaban J connectivity index is 2.29. The first kappa shape index (κ1) is 16.0. The lowest BCUT2D eigenvalue weighted by Crippen LogP contribution is -2.09. The lowest BCUT2D eigenvalue weighted by atomic mass is 10.2. The third-order valence-electron chi connectivity index (χ3n) is 2.90. The average Bonchev–Trinajstić information content (AvgIpc) is 2.44. The molecule has 2 rings (SSSR count). The number of aromatic carboxylic acids is 1. The van der Waals surface area contributed by atoms with Crippen LogP contribution < -0.4 is 0 Å². The quantitative estimate of drug-likeness (QED) is 0.637. The molecular weight excluding hydrogens is 352 g/mol. The molecule has 1 aromatic carbocycles. The summed E-state index contributed by atoms with van der Waals surface area (Å²) in [6.07, 6.45) is 0.686. The number of carboxylic acids is 1. The van der Waals surface area contributed by atoms with Gasteiger partial charge < -0.3 is 5.11 Å². The molecule has 0 fully saturated rings. The van der Waals surface area contributed by atoms with E-state index < -0.39 is 5.97 Å². The Kier molecular flexibility index (Phi) is 5.36. The molecule has 0 aliphatic rings. The maximum absolute atomic E-state index is 11.4. The zero-order valence-corrected chi connectivity index (χ0v) is 14.2. The predicted molar refractivity (Wildman–Crippen MR) is 86.8 cm³/mol. The highest BCUT2D eigenvalue weighted by molar-refractivity contribution is 9.10. The molecule has 0 unspecified atom stereocenters. The largest absolute Gasteiger partial charge is 0.478 e. The highest BCUT2D eigenvalue weighted by Crippen LogP contribution is 2.27. The van der Waals surface area contributed by atoms with Crippen LogP contribution in [0.25, 0.3) is 0 Å². The maximum Gasteiger partial charge on any atom is 0.340 e. The summed E-state index contributed by atoms with van der Waals surface area (Å²) in [6.45, 7) is 3.67. The zero-order valence-electron chi connectivity index (χ0n) is 11.8. The number of carboxylic acid groups (broad SMARTS) is 1. The standard InChI is InChI=1S/C15H15BrN2O2S/c1-3-12-17-9(2)13(15(19)20)14(18-12)21-8-10-5-4-6-11(16)7-10/h4-7H,3,8H2,1-2H3,(H,19,20). The van der Waals surface area contributed by atoms with Gasteiger partial charge in [-0.15, -0.1) is 11.8 Å². The molecule has 0 atom stereocenters. The monoisotopic (exact) mass is 366 g/mol. The van der Waals surface area contributed by atoms with Gasteiger partial charge in [-0.1, -0.05) is 35.0 Å². The smallest absolute Gasteiger partial charge is 0.340 e. The molecule has 1 heterocycles. The number of thioether (sulfide) groups is 1. The van der Waals surface area contributed by atoms with E-state index >= 15 is 0 Å². The number of aryl methyl sites for hydroxylation is 2. The van der Waals surface area contributed by atoms with Crippen molar-refractivity contribution in [3.8, 4) is 0 Å². The van der Waals surface area contributed by atoms with Crippen molar-refractivity contribution in [1.82, 2.24) is 9.97 Å². The van der Waals surface area contributed by atoms with E-state index in [2.05, 4.69) is 25.9 Å². The van der Waals surface area contributed by atoms with E-state index in [1.54, 1.807) is 6.92 Å². The SMILES string of the molecule is CCc1nc(C)c(C(=O)O)c(SCc2cccc(Br)c2)n1. The van der Waals surface area contributed by atoms with E-state index in [0.717, 1.165) is 10.0 Å². The third kappa shape index (κ3) is 4.04. The summed E-state index contributed by atoms with van der Waals surface area (Å²) >= 11 is 4.86. The number of hydrogen-bond donors (Lipinski definition) is 1. The molecule has 110 valence electrons. The molecule has 1 N–H and O–H groups in total. The van der Waals surface area contributed by atoms with E-state index in [9.17, 15) is 9.90 Å². The molecule has 2 aromatic rings. The van der Waals surface area contributed by atoms with Crippen molar-refractivity contribution in [1.29, 1.82) is 0 Å². The van der Waals surface area contributed by atoms with Crippen LogP contribution in [0.3, 0.4) is 0 Å². The topological polar surface area (TPSA) is 63.1 Å². The van der Waals surface area contributed by atoms with E-state index in [4.69, 9.17) is 0 Å². The normalized spacial score (nSPS) is 10.6. The lowest BCUT2D eigenvalue weighted by molar-refractivity contribution is 0.0690. The van der Waals surface area contributed by atoms with Crippen LogP contribution in [0.15, 0.2) is 33.8 Å². The number of rotatable bonds is 5. The molecule has 0 bridgehead atoms. The Morgan fingerprint density at radius 3 is 2.76 bits per heavy atom.